The van der Waals surface area contributed by atoms with Gasteiger partial charge in [-0.15, -0.1) is 0 Å². The van der Waals surface area contributed by atoms with E-state index >= 15 is 0 Å². The van der Waals surface area contributed by atoms with Crippen LogP contribution in [0.5, 0.6) is 0 Å². The number of nitrogens with zero attached hydrogens (tertiary/aromatic N) is 2. The Hall–Kier alpha value is -1.58. The number of aromatic nitrogens is 1. The molecule has 1 N–H and O–H groups in total. The van der Waals surface area contributed by atoms with Gasteiger partial charge in [0.05, 0.1) is 0 Å². The van der Waals surface area contributed by atoms with Crippen molar-refractivity contribution in [1.82, 2.24) is 9.88 Å². The van der Waals surface area contributed by atoms with Crippen molar-refractivity contribution in [3.63, 3.8) is 0 Å². The Kier molecular flexibility index (Phi) is 3.40. The van der Waals surface area contributed by atoms with Gasteiger partial charge in [-0.1, -0.05) is 12.8 Å². The molecule has 0 bridgehead atoms. The van der Waals surface area contributed by atoms with Crippen LogP contribution in [0.15, 0.2) is 18.3 Å². The van der Waals surface area contributed by atoms with Gasteiger partial charge in [-0.2, -0.15) is 0 Å². The van der Waals surface area contributed by atoms with E-state index in [0.29, 0.717) is 6.04 Å². The number of anilines is 1. The standard InChI is InChI=1S/C15H21N3O/c1-16-14-10-12(6-8-17-14)15(19)18-9-7-11-4-2-3-5-13(11)18/h6,8,10-11,13H,2-5,7,9H2,1H3,(H,16,17). The predicted octanol–water partition coefficient (Wildman–Crippen LogP) is 2.53. The highest BCUT2D eigenvalue weighted by Crippen LogP contribution is 2.36. The smallest absolute Gasteiger partial charge is 0.254 e. The molecule has 4 heteroatoms. The van der Waals surface area contributed by atoms with Gasteiger partial charge in [-0.3, -0.25) is 4.79 Å². The Labute approximate surface area is 114 Å². The summed E-state index contributed by atoms with van der Waals surface area (Å²) in [6.07, 6.45) is 7.96. The van der Waals surface area contributed by atoms with E-state index in [2.05, 4.69) is 15.2 Å². The molecule has 19 heavy (non-hydrogen) atoms. The number of carbonyl (C=O) groups is 1. The molecule has 4 nitrogen and oxygen atoms in total. The molecule has 102 valence electrons. The molecule has 0 aromatic carbocycles. The van der Waals surface area contributed by atoms with E-state index in [1.165, 1.54) is 32.1 Å². The van der Waals surface area contributed by atoms with Crippen LogP contribution in [0.2, 0.25) is 0 Å². The molecule has 2 fully saturated rings. The highest BCUT2D eigenvalue weighted by molar-refractivity contribution is 5.95. The molecule has 2 atom stereocenters. The van der Waals surface area contributed by atoms with Gasteiger partial charge < -0.3 is 10.2 Å². The minimum Gasteiger partial charge on any atom is -0.373 e. The Morgan fingerprint density at radius 1 is 1.37 bits per heavy atom. The van der Waals surface area contributed by atoms with Crippen molar-refractivity contribution in [2.45, 2.75) is 38.1 Å². The zero-order valence-corrected chi connectivity index (χ0v) is 11.4. The first-order valence-electron chi connectivity index (χ1n) is 7.24. The van der Waals surface area contributed by atoms with Gasteiger partial charge in [0.1, 0.15) is 5.82 Å². The maximum atomic E-state index is 12.6. The van der Waals surface area contributed by atoms with Crippen molar-refractivity contribution in [2.24, 2.45) is 5.92 Å². The molecule has 1 amide bonds. The summed E-state index contributed by atoms with van der Waals surface area (Å²) in [4.78, 5) is 18.9. The van der Waals surface area contributed by atoms with Crippen molar-refractivity contribution in [3.05, 3.63) is 23.9 Å². The number of amides is 1. The van der Waals surface area contributed by atoms with Gasteiger partial charge >= 0.3 is 0 Å². The Balaban J connectivity index is 1.79. The fraction of sp³-hybridized carbons (Fsp3) is 0.600. The number of rotatable bonds is 2. The molecule has 1 aliphatic heterocycles. The summed E-state index contributed by atoms with van der Waals surface area (Å²) < 4.78 is 0. The van der Waals surface area contributed by atoms with E-state index in [1.807, 2.05) is 19.2 Å². The van der Waals surface area contributed by atoms with Crippen molar-refractivity contribution >= 4 is 11.7 Å². The first-order chi connectivity index (χ1) is 9.29. The number of fused-ring (bicyclic) bond motifs is 1. The number of nitrogens with one attached hydrogen (secondary N) is 1. The lowest BCUT2D eigenvalue weighted by atomic mass is 9.85. The van der Waals surface area contributed by atoms with Crippen molar-refractivity contribution in [1.29, 1.82) is 0 Å². The summed E-state index contributed by atoms with van der Waals surface area (Å²) in [6.45, 7) is 0.922. The van der Waals surface area contributed by atoms with Crippen LogP contribution in [-0.2, 0) is 0 Å². The second-order valence-electron chi connectivity index (χ2n) is 5.58. The summed E-state index contributed by atoms with van der Waals surface area (Å²) in [5.41, 5.74) is 0.755. The van der Waals surface area contributed by atoms with Crippen LogP contribution in [0, 0.1) is 5.92 Å². The molecule has 3 rings (SSSR count). The van der Waals surface area contributed by atoms with Crippen LogP contribution < -0.4 is 5.32 Å². The van der Waals surface area contributed by atoms with E-state index in [1.54, 1.807) is 6.20 Å². The van der Waals surface area contributed by atoms with Gasteiger partial charge in [0, 0.05) is 31.4 Å². The SMILES string of the molecule is CNc1cc(C(=O)N2CCC3CCCCC32)ccn1. The maximum Gasteiger partial charge on any atom is 0.254 e. The van der Waals surface area contributed by atoms with Crippen LogP contribution in [0.1, 0.15) is 42.5 Å². The van der Waals surface area contributed by atoms with Crippen LogP contribution in [0.25, 0.3) is 0 Å². The lowest BCUT2D eigenvalue weighted by Gasteiger charge is -2.31. The fourth-order valence-corrected chi connectivity index (χ4v) is 3.52. The summed E-state index contributed by atoms with van der Waals surface area (Å²) in [7, 11) is 1.82. The summed E-state index contributed by atoms with van der Waals surface area (Å²) >= 11 is 0. The second kappa shape index (κ2) is 5.19. The second-order valence-corrected chi connectivity index (χ2v) is 5.58. The quantitative estimate of drug-likeness (QED) is 0.887. The van der Waals surface area contributed by atoms with Crippen LogP contribution in [0.4, 0.5) is 5.82 Å². The van der Waals surface area contributed by atoms with E-state index < -0.39 is 0 Å². The van der Waals surface area contributed by atoms with Gasteiger partial charge in [0.2, 0.25) is 0 Å². The minimum atomic E-state index is 0.174. The molecule has 0 radical (unpaired) electrons. The normalized spacial score (nSPS) is 26.1. The zero-order valence-electron chi connectivity index (χ0n) is 11.4. The third kappa shape index (κ3) is 2.31. The first kappa shape index (κ1) is 12.5. The number of carbonyl (C=O) groups excluding carboxylic acids is 1. The topological polar surface area (TPSA) is 45.2 Å². The molecule has 2 unspecified atom stereocenters. The van der Waals surface area contributed by atoms with Crippen LogP contribution >= 0.6 is 0 Å². The van der Waals surface area contributed by atoms with E-state index in [9.17, 15) is 4.79 Å². The number of hydrogen-bond donors (Lipinski definition) is 1. The largest absolute Gasteiger partial charge is 0.373 e. The first-order valence-corrected chi connectivity index (χ1v) is 7.24. The molecular formula is C15H21N3O. The molecule has 1 aliphatic carbocycles. The molecular weight excluding hydrogens is 238 g/mol. The average Bonchev–Trinajstić information content (AvgIpc) is 2.90. The number of pyridine rings is 1. The lowest BCUT2D eigenvalue weighted by molar-refractivity contribution is 0.0690. The Bertz CT molecular complexity index is 474. The van der Waals surface area contributed by atoms with Gasteiger partial charge in [-0.05, 0) is 37.3 Å². The molecule has 1 saturated carbocycles. The third-order valence-electron chi connectivity index (χ3n) is 4.53. The summed E-state index contributed by atoms with van der Waals surface area (Å²) in [6, 6.07) is 4.14. The Morgan fingerprint density at radius 2 is 2.21 bits per heavy atom. The van der Waals surface area contributed by atoms with E-state index in [0.717, 1.165) is 23.8 Å². The van der Waals surface area contributed by atoms with E-state index in [-0.39, 0.29) is 5.91 Å². The molecule has 2 heterocycles. The minimum absolute atomic E-state index is 0.174. The summed E-state index contributed by atoms with van der Waals surface area (Å²) in [5.74, 6) is 1.67. The maximum absolute atomic E-state index is 12.6. The van der Waals surface area contributed by atoms with E-state index in [4.69, 9.17) is 0 Å². The molecule has 0 spiro atoms. The highest BCUT2D eigenvalue weighted by atomic mass is 16.2. The fourth-order valence-electron chi connectivity index (χ4n) is 3.52. The monoisotopic (exact) mass is 259 g/mol. The predicted molar refractivity (Wildman–Crippen MR) is 75.2 cm³/mol. The third-order valence-corrected chi connectivity index (χ3v) is 4.53. The highest BCUT2D eigenvalue weighted by Gasteiger charge is 2.38. The van der Waals surface area contributed by atoms with Crippen LogP contribution in [0.3, 0.4) is 0 Å². The Morgan fingerprint density at radius 3 is 3.05 bits per heavy atom. The lowest BCUT2D eigenvalue weighted by Crippen LogP contribution is -2.39. The van der Waals surface area contributed by atoms with Crippen molar-refractivity contribution in [3.8, 4) is 0 Å². The zero-order chi connectivity index (χ0) is 13.2. The molecule has 2 aliphatic rings. The molecule has 1 saturated heterocycles. The van der Waals surface area contributed by atoms with Gasteiger partial charge in [-0.25, -0.2) is 4.98 Å². The average molecular weight is 259 g/mol. The van der Waals surface area contributed by atoms with Crippen molar-refractivity contribution < 1.29 is 4.79 Å². The number of hydrogen-bond acceptors (Lipinski definition) is 3. The number of likely N-dealkylation sites (tertiary alicyclic amines) is 1. The summed E-state index contributed by atoms with van der Waals surface area (Å²) in [5, 5.41) is 2.99. The van der Waals surface area contributed by atoms with Gasteiger partial charge in [0.25, 0.3) is 5.91 Å². The van der Waals surface area contributed by atoms with Crippen molar-refractivity contribution in [2.75, 3.05) is 18.9 Å². The van der Waals surface area contributed by atoms with Crippen LogP contribution in [-0.4, -0.2) is 35.4 Å². The molecule has 1 aromatic heterocycles. The van der Waals surface area contributed by atoms with Gasteiger partial charge in [0.15, 0.2) is 0 Å². The molecule has 1 aromatic rings.